The molecular weight excluding hydrogens is 362 g/mol. The lowest BCUT2D eigenvalue weighted by atomic mass is 9.86. The number of nitrogen functional groups attached to an aromatic ring is 1. The van der Waals surface area contributed by atoms with Gasteiger partial charge in [0, 0.05) is 26.1 Å². The second kappa shape index (κ2) is 7.47. The molecule has 0 radical (unpaired) electrons. The van der Waals surface area contributed by atoms with Crippen LogP contribution >= 0.6 is 11.3 Å². The lowest BCUT2D eigenvalue weighted by Crippen LogP contribution is -2.37. The zero-order chi connectivity index (χ0) is 19.0. The third kappa shape index (κ3) is 3.53. The molecule has 1 aliphatic heterocycles. The molecule has 2 aromatic rings. The van der Waals surface area contributed by atoms with E-state index in [9.17, 15) is 4.79 Å². The van der Waals surface area contributed by atoms with Crippen LogP contribution in [-0.4, -0.2) is 40.3 Å². The Labute approximate surface area is 162 Å². The summed E-state index contributed by atoms with van der Waals surface area (Å²) in [7, 11) is 1.89. The van der Waals surface area contributed by atoms with Gasteiger partial charge in [-0.25, -0.2) is 4.98 Å². The van der Waals surface area contributed by atoms with E-state index in [1.54, 1.807) is 6.20 Å². The van der Waals surface area contributed by atoms with Gasteiger partial charge in [-0.3, -0.25) is 9.48 Å². The maximum atomic E-state index is 12.8. The number of nitrogens with one attached hydrogen (secondary N) is 1. The Balaban J connectivity index is 1.50. The van der Waals surface area contributed by atoms with Crippen LogP contribution in [0.3, 0.4) is 0 Å². The summed E-state index contributed by atoms with van der Waals surface area (Å²) in [6, 6.07) is 0. The van der Waals surface area contributed by atoms with Gasteiger partial charge in [-0.1, -0.05) is 6.42 Å². The van der Waals surface area contributed by atoms with Crippen molar-refractivity contribution in [1.29, 1.82) is 0 Å². The monoisotopic (exact) mass is 389 g/mol. The molecule has 0 bridgehead atoms. The number of piperidine rings is 1. The number of hydrogen-bond donors (Lipinski definition) is 3. The van der Waals surface area contributed by atoms with Crippen molar-refractivity contribution < 1.29 is 4.79 Å². The van der Waals surface area contributed by atoms with Crippen LogP contribution in [0.5, 0.6) is 0 Å². The zero-order valence-corrected chi connectivity index (χ0v) is 16.5. The van der Waals surface area contributed by atoms with Crippen molar-refractivity contribution in [1.82, 2.24) is 14.8 Å². The van der Waals surface area contributed by atoms with Gasteiger partial charge < -0.3 is 21.7 Å². The van der Waals surface area contributed by atoms with Crippen molar-refractivity contribution in [2.75, 3.05) is 35.6 Å². The quantitative estimate of drug-likeness (QED) is 0.722. The number of rotatable bonds is 5. The molecule has 5 N–H and O–H groups in total. The van der Waals surface area contributed by atoms with Gasteiger partial charge in [0.2, 0.25) is 0 Å². The van der Waals surface area contributed by atoms with Gasteiger partial charge in [0.25, 0.3) is 5.91 Å². The number of amides is 1. The fraction of sp³-hybridized carbons (Fsp3) is 0.611. The third-order valence-corrected chi connectivity index (χ3v) is 6.79. The Bertz CT molecular complexity index is 818. The Morgan fingerprint density at radius 2 is 2.07 bits per heavy atom. The summed E-state index contributed by atoms with van der Waals surface area (Å²) < 4.78 is 1.81. The molecule has 1 saturated carbocycles. The highest BCUT2D eigenvalue weighted by molar-refractivity contribution is 7.16. The Kier molecular flexibility index (Phi) is 5.05. The average molecular weight is 390 g/mol. The number of nitrogens with two attached hydrogens (primary N) is 2. The molecule has 0 unspecified atom stereocenters. The summed E-state index contributed by atoms with van der Waals surface area (Å²) in [5, 5.41) is 8.79. The van der Waals surface area contributed by atoms with Crippen LogP contribution in [0.25, 0.3) is 0 Å². The highest BCUT2D eigenvalue weighted by Gasteiger charge is 2.28. The molecule has 2 fully saturated rings. The molecule has 3 heterocycles. The summed E-state index contributed by atoms with van der Waals surface area (Å²) in [4.78, 5) is 19.6. The molecule has 0 spiro atoms. The maximum Gasteiger partial charge on any atom is 0.277 e. The second-order valence-electron chi connectivity index (χ2n) is 7.52. The molecule has 27 heavy (non-hydrogen) atoms. The van der Waals surface area contributed by atoms with Gasteiger partial charge in [0.05, 0.1) is 11.2 Å². The minimum absolute atomic E-state index is 0.264. The van der Waals surface area contributed by atoms with E-state index in [-0.39, 0.29) is 5.91 Å². The van der Waals surface area contributed by atoms with Crippen LogP contribution < -0.4 is 21.7 Å². The number of thiazole rings is 1. The number of anilines is 3. The second-order valence-corrected chi connectivity index (χ2v) is 8.58. The molecule has 1 saturated heterocycles. The van der Waals surface area contributed by atoms with Crippen LogP contribution in [0, 0.1) is 5.92 Å². The lowest BCUT2D eigenvalue weighted by Gasteiger charge is -2.33. The first-order valence-corrected chi connectivity index (χ1v) is 10.4. The standard InChI is InChI=1S/C18H27N7OS/c1-24-18(25-7-5-11(9-19)6-8-25)13(10-21-24)22-16(26)14-15(20)27-17(23-14)12-3-2-4-12/h10-12H,2-9,19-20H2,1H3,(H,22,26). The number of carbonyl (C=O) groups is 1. The van der Waals surface area contributed by atoms with Crippen molar-refractivity contribution in [3.8, 4) is 0 Å². The predicted molar refractivity (Wildman–Crippen MR) is 108 cm³/mol. The minimum atomic E-state index is -0.264. The molecule has 1 amide bonds. The highest BCUT2D eigenvalue weighted by Crippen LogP contribution is 2.40. The smallest absolute Gasteiger partial charge is 0.277 e. The molecule has 0 atom stereocenters. The first-order valence-electron chi connectivity index (χ1n) is 9.61. The Morgan fingerprint density at radius 3 is 2.70 bits per heavy atom. The molecule has 1 aliphatic carbocycles. The van der Waals surface area contributed by atoms with E-state index in [1.165, 1.54) is 17.8 Å². The van der Waals surface area contributed by atoms with E-state index in [2.05, 4.69) is 20.3 Å². The zero-order valence-electron chi connectivity index (χ0n) is 15.6. The van der Waals surface area contributed by atoms with E-state index in [4.69, 9.17) is 11.5 Å². The largest absolute Gasteiger partial charge is 0.389 e. The number of hydrogen-bond acceptors (Lipinski definition) is 7. The molecule has 2 aliphatic rings. The van der Waals surface area contributed by atoms with Gasteiger partial charge in [-0.15, -0.1) is 11.3 Å². The van der Waals surface area contributed by atoms with Crippen LogP contribution in [0.2, 0.25) is 0 Å². The number of nitrogens with zero attached hydrogens (tertiary/aromatic N) is 4. The predicted octanol–water partition coefficient (Wildman–Crippen LogP) is 2.15. The van der Waals surface area contributed by atoms with Gasteiger partial charge in [-0.05, 0) is 38.1 Å². The van der Waals surface area contributed by atoms with E-state index in [0.29, 0.717) is 28.2 Å². The summed E-state index contributed by atoms with van der Waals surface area (Å²) in [5.74, 6) is 1.70. The summed E-state index contributed by atoms with van der Waals surface area (Å²) >= 11 is 1.44. The van der Waals surface area contributed by atoms with E-state index < -0.39 is 0 Å². The first kappa shape index (κ1) is 18.2. The summed E-state index contributed by atoms with van der Waals surface area (Å²) in [6.07, 6.45) is 7.31. The fourth-order valence-electron chi connectivity index (χ4n) is 3.80. The van der Waals surface area contributed by atoms with Crippen molar-refractivity contribution >= 4 is 33.8 Å². The molecule has 0 aromatic carbocycles. The minimum Gasteiger partial charge on any atom is -0.389 e. The van der Waals surface area contributed by atoms with Crippen molar-refractivity contribution in [2.45, 2.75) is 38.0 Å². The average Bonchev–Trinajstić information content (AvgIpc) is 3.16. The summed E-state index contributed by atoms with van der Waals surface area (Å²) in [6.45, 7) is 2.55. The fourth-order valence-corrected chi connectivity index (χ4v) is 4.80. The van der Waals surface area contributed by atoms with Gasteiger partial charge in [-0.2, -0.15) is 5.10 Å². The normalized spacial score (nSPS) is 18.5. The third-order valence-electron chi connectivity index (χ3n) is 5.74. The highest BCUT2D eigenvalue weighted by atomic mass is 32.1. The maximum absolute atomic E-state index is 12.8. The molecule has 8 nitrogen and oxygen atoms in total. The van der Waals surface area contributed by atoms with Crippen LogP contribution in [0.4, 0.5) is 16.5 Å². The Hall–Kier alpha value is -2.13. The van der Waals surface area contributed by atoms with Gasteiger partial charge in [0.15, 0.2) is 11.5 Å². The number of aromatic nitrogens is 3. The topological polar surface area (TPSA) is 115 Å². The summed E-state index contributed by atoms with van der Waals surface area (Å²) in [5.41, 5.74) is 12.9. The SMILES string of the molecule is Cn1ncc(NC(=O)c2nc(C3CCC3)sc2N)c1N1CCC(CN)CC1. The van der Waals surface area contributed by atoms with Crippen LogP contribution in [0.1, 0.15) is 53.5 Å². The van der Waals surface area contributed by atoms with Crippen molar-refractivity contribution in [2.24, 2.45) is 18.7 Å². The number of aryl methyl sites for hydroxylation is 1. The van der Waals surface area contributed by atoms with Crippen molar-refractivity contribution in [3.63, 3.8) is 0 Å². The lowest BCUT2D eigenvalue weighted by molar-refractivity contribution is 0.102. The molecular formula is C18H27N7OS. The molecule has 146 valence electrons. The van der Waals surface area contributed by atoms with Crippen LogP contribution in [0.15, 0.2) is 6.20 Å². The van der Waals surface area contributed by atoms with Crippen molar-refractivity contribution in [3.05, 3.63) is 16.9 Å². The van der Waals surface area contributed by atoms with Gasteiger partial charge in [0.1, 0.15) is 10.7 Å². The van der Waals surface area contributed by atoms with E-state index >= 15 is 0 Å². The molecule has 4 rings (SSSR count). The Morgan fingerprint density at radius 1 is 1.33 bits per heavy atom. The molecule has 9 heteroatoms. The number of carbonyl (C=O) groups excluding carboxylic acids is 1. The van der Waals surface area contributed by atoms with E-state index in [1.807, 2.05) is 11.7 Å². The van der Waals surface area contributed by atoms with Crippen LogP contribution in [-0.2, 0) is 7.05 Å². The van der Waals surface area contributed by atoms with E-state index in [0.717, 1.165) is 56.1 Å². The first-order chi connectivity index (χ1) is 13.1. The molecule has 2 aromatic heterocycles. The van der Waals surface area contributed by atoms with Gasteiger partial charge >= 0.3 is 0 Å².